The molecule has 4 amide bonds. The molecule has 1 N–H and O–H groups in total. The zero-order valence-electron chi connectivity index (χ0n) is 19.7. The van der Waals surface area contributed by atoms with Crippen LogP contribution in [0.1, 0.15) is 12.5 Å². The number of anilines is 1. The highest BCUT2D eigenvalue weighted by atomic mass is 16.6. The van der Waals surface area contributed by atoms with E-state index in [1.165, 1.54) is 36.4 Å². The zero-order valence-corrected chi connectivity index (χ0v) is 19.7. The summed E-state index contributed by atoms with van der Waals surface area (Å²) >= 11 is 0. The Bertz CT molecular complexity index is 1500. The van der Waals surface area contributed by atoms with Crippen molar-refractivity contribution in [3.63, 3.8) is 0 Å². The highest BCUT2D eigenvalue weighted by Crippen LogP contribution is 2.35. The lowest BCUT2D eigenvalue weighted by atomic mass is 10.1. The molecule has 0 atom stereocenters. The van der Waals surface area contributed by atoms with Gasteiger partial charge in [0.25, 0.3) is 17.5 Å². The number of hydrogen-bond donors (Lipinski definition) is 1. The molecule has 0 spiro atoms. The molecule has 13 nitrogen and oxygen atoms in total. The van der Waals surface area contributed by atoms with E-state index >= 15 is 0 Å². The summed E-state index contributed by atoms with van der Waals surface area (Å²) in [6.07, 6.45) is 1.24. The highest BCUT2D eigenvalue weighted by molar-refractivity contribution is 6.39. The number of carbonyl (C=O) groups is 3. The number of carbonyl (C=O) groups excluding carboxylic acids is 3. The Morgan fingerprint density at radius 1 is 0.921 bits per heavy atom. The fraction of sp³-hybridized carbons (Fsp3) is 0.0800. The van der Waals surface area contributed by atoms with Gasteiger partial charge in [-0.1, -0.05) is 12.1 Å². The van der Waals surface area contributed by atoms with E-state index < -0.39 is 39.1 Å². The zero-order chi connectivity index (χ0) is 27.4. The number of rotatable bonds is 8. The summed E-state index contributed by atoms with van der Waals surface area (Å²) in [6.45, 7) is 2.25. The fourth-order valence-electron chi connectivity index (χ4n) is 3.56. The largest absolute Gasteiger partial charge is 0.494 e. The summed E-state index contributed by atoms with van der Waals surface area (Å²) in [5.41, 5.74) is -0.897. The van der Waals surface area contributed by atoms with E-state index in [0.29, 0.717) is 17.9 Å². The molecule has 0 aromatic heterocycles. The molecule has 3 aromatic carbocycles. The monoisotopic (exact) mass is 518 g/mol. The summed E-state index contributed by atoms with van der Waals surface area (Å²) in [5.74, 6) is -1.37. The summed E-state index contributed by atoms with van der Waals surface area (Å²) < 4.78 is 10.9. The number of nitro benzene ring substituents is 2. The van der Waals surface area contributed by atoms with Crippen LogP contribution in [-0.4, -0.2) is 34.3 Å². The summed E-state index contributed by atoms with van der Waals surface area (Å²) in [7, 11) is 0. The topological polar surface area (TPSA) is 171 Å². The molecule has 0 aliphatic carbocycles. The van der Waals surface area contributed by atoms with E-state index in [4.69, 9.17) is 9.47 Å². The molecule has 4 rings (SSSR count). The molecule has 13 heteroatoms. The molecule has 192 valence electrons. The summed E-state index contributed by atoms with van der Waals surface area (Å²) in [4.78, 5) is 59.6. The third kappa shape index (κ3) is 5.31. The van der Waals surface area contributed by atoms with Crippen molar-refractivity contribution in [3.8, 4) is 17.2 Å². The maximum atomic E-state index is 13.1. The smallest absolute Gasteiger partial charge is 0.335 e. The third-order valence-electron chi connectivity index (χ3n) is 5.25. The Morgan fingerprint density at radius 3 is 2.32 bits per heavy atom. The van der Waals surface area contributed by atoms with Gasteiger partial charge in [-0.3, -0.25) is 35.1 Å². The van der Waals surface area contributed by atoms with Gasteiger partial charge in [-0.05, 0) is 61.0 Å². The number of benzene rings is 3. The highest BCUT2D eigenvalue weighted by Gasteiger charge is 2.36. The molecular weight excluding hydrogens is 500 g/mol. The summed E-state index contributed by atoms with van der Waals surface area (Å²) in [5, 5.41) is 24.5. The number of urea groups is 1. The van der Waals surface area contributed by atoms with Crippen molar-refractivity contribution < 1.29 is 33.7 Å². The van der Waals surface area contributed by atoms with Gasteiger partial charge in [0.15, 0.2) is 0 Å². The molecular formula is C25H18N4O9. The predicted octanol–water partition coefficient (Wildman–Crippen LogP) is 4.36. The van der Waals surface area contributed by atoms with Crippen molar-refractivity contribution in [1.82, 2.24) is 5.32 Å². The molecule has 3 aromatic rings. The van der Waals surface area contributed by atoms with Crippen LogP contribution in [0.5, 0.6) is 17.2 Å². The number of nitro groups is 2. The first-order valence-corrected chi connectivity index (χ1v) is 11.0. The molecule has 0 saturated carbocycles. The quantitative estimate of drug-likeness (QED) is 0.197. The van der Waals surface area contributed by atoms with E-state index in [-0.39, 0.29) is 22.8 Å². The van der Waals surface area contributed by atoms with Gasteiger partial charge in [0.2, 0.25) is 5.75 Å². The van der Waals surface area contributed by atoms with Crippen LogP contribution in [0.4, 0.5) is 21.9 Å². The number of nitrogens with zero attached hydrogens (tertiary/aromatic N) is 3. The minimum atomic E-state index is -0.913. The van der Waals surface area contributed by atoms with Gasteiger partial charge in [0.05, 0.1) is 28.2 Å². The van der Waals surface area contributed by atoms with Gasteiger partial charge < -0.3 is 9.47 Å². The lowest BCUT2D eigenvalue weighted by molar-refractivity contribution is -0.394. The van der Waals surface area contributed by atoms with Gasteiger partial charge in [0, 0.05) is 6.07 Å². The first-order valence-electron chi connectivity index (χ1n) is 11.0. The second-order valence-electron chi connectivity index (χ2n) is 7.73. The van der Waals surface area contributed by atoms with Crippen molar-refractivity contribution in [1.29, 1.82) is 0 Å². The molecule has 1 heterocycles. The average molecular weight is 518 g/mol. The normalized spacial score (nSPS) is 14.3. The van der Waals surface area contributed by atoms with Crippen molar-refractivity contribution >= 4 is 41.0 Å². The Balaban J connectivity index is 1.63. The number of hydrogen-bond acceptors (Lipinski definition) is 9. The van der Waals surface area contributed by atoms with Crippen molar-refractivity contribution in [2.45, 2.75) is 6.92 Å². The standard InChI is InChI=1S/C25H18N4O9/c1-2-37-18-9-6-16(7-10-18)27-24(31)20(23(30)26-25(27)32)13-15-4-3-5-19(12-15)38-22-11-8-17(28(33)34)14-21(22)29(35)36/h3-14H,2H2,1H3,(H,26,30,32)/b20-13-. The van der Waals surface area contributed by atoms with Crippen LogP contribution in [0, 0.1) is 20.2 Å². The van der Waals surface area contributed by atoms with Crippen molar-refractivity contribution in [3.05, 3.63) is 98.1 Å². The first kappa shape index (κ1) is 25.5. The van der Waals surface area contributed by atoms with Crippen LogP contribution in [-0.2, 0) is 9.59 Å². The van der Waals surface area contributed by atoms with Crippen molar-refractivity contribution in [2.75, 3.05) is 11.5 Å². The number of amides is 4. The molecule has 0 radical (unpaired) electrons. The molecule has 38 heavy (non-hydrogen) atoms. The number of ether oxygens (including phenoxy) is 2. The maximum absolute atomic E-state index is 13.1. The second-order valence-corrected chi connectivity index (χ2v) is 7.73. The average Bonchev–Trinajstić information content (AvgIpc) is 2.88. The summed E-state index contributed by atoms with van der Waals surface area (Å²) in [6, 6.07) is 14.1. The SMILES string of the molecule is CCOc1ccc(N2C(=O)NC(=O)/C(=C/c3cccc(Oc4ccc([N+](=O)[O-])cc4[N+](=O)[O-])c3)C2=O)cc1. The number of non-ortho nitro benzene ring substituents is 1. The lowest BCUT2D eigenvalue weighted by Gasteiger charge is -2.26. The molecule has 1 saturated heterocycles. The van der Waals surface area contributed by atoms with Gasteiger partial charge in [-0.15, -0.1) is 0 Å². The van der Waals surface area contributed by atoms with E-state index in [9.17, 15) is 34.6 Å². The molecule has 1 fully saturated rings. The van der Waals surface area contributed by atoms with Crippen molar-refractivity contribution in [2.24, 2.45) is 0 Å². The Kier molecular flexibility index (Phi) is 7.10. The first-order chi connectivity index (χ1) is 18.2. The van der Waals surface area contributed by atoms with Crippen LogP contribution in [0.2, 0.25) is 0 Å². The third-order valence-corrected chi connectivity index (χ3v) is 5.25. The van der Waals surface area contributed by atoms with E-state index in [0.717, 1.165) is 23.1 Å². The minimum Gasteiger partial charge on any atom is -0.494 e. The van der Waals surface area contributed by atoms with Gasteiger partial charge >= 0.3 is 11.7 Å². The van der Waals surface area contributed by atoms with Gasteiger partial charge in [-0.25, -0.2) is 9.69 Å². The Morgan fingerprint density at radius 2 is 1.66 bits per heavy atom. The van der Waals surface area contributed by atoms with Crippen LogP contribution in [0.25, 0.3) is 6.08 Å². The maximum Gasteiger partial charge on any atom is 0.335 e. The predicted molar refractivity (Wildman–Crippen MR) is 133 cm³/mol. The number of imide groups is 2. The van der Waals surface area contributed by atoms with Gasteiger partial charge in [0.1, 0.15) is 17.1 Å². The molecule has 1 aliphatic heterocycles. The number of barbiturate groups is 1. The Hall–Kier alpha value is -5.59. The van der Waals surface area contributed by atoms with Crippen LogP contribution >= 0.6 is 0 Å². The van der Waals surface area contributed by atoms with Crippen LogP contribution < -0.4 is 19.7 Å². The van der Waals surface area contributed by atoms with Crippen LogP contribution in [0.3, 0.4) is 0 Å². The molecule has 1 aliphatic rings. The molecule has 0 bridgehead atoms. The van der Waals surface area contributed by atoms with E-state index in [1.807, 2.05) is 6.92 Å². The minimum absolute atomic E-state index is 0.0967. The van der Waals surface area contributed by atoms with Gasteiger partial charge in [-0.2, -0.15) is 0 Å². The van der Waals surface area contributed by atoms with E-state index in [1.54, 1.807) is 18.2 Å². The Labute approximate surface area is 214 Å². The fourth-order valence-corrected chi connectivity index (χ4v) is 3.56. The lowest BCUT2D eigenvalue weighted by Crippen LogP contribution is -2.54. The van der Waals surface area contributed by atoms with E-state index in [2.05, 4.69) is 5.32 Å². The van der Waals surface area contributed by atoms with Crippen LogP contribution in [0.15, 0.2) is 72.3 Å². The second kappa shape index (κ2) is 10.6. The number of nitrogens with one attached hydrogen (secondary N) is 1. The molecule has 0 unspecified atom stereocenters.